The number of aliphatic carboxylic acids is 1. The SMILES string of the molecule is CC1CC(C(=O)O)CN(Cc2nc(-c3c(F)cccc3F)cs2)C1. The molecule has 1 aromatic carbocycles. The number of carboxylic acids is 1. The highest BCUT2D eigenvalue weighted by molar-refractivity contribution is 7.09. The van der Waals surface area contributed by atoms with Gasteiger partial charge in [-0.15, -0.1) is 11.3 Å². The zero-order chi connectivity index (χ0) is 17.3. The first-order chi connectivity index (χ1) is 11.4. The van der Waals surface area contributed by atoms with Crippen LogP contribution < -0.4 is 0 Å². The Morgan fingerprint density at radius 2 is 2.08 bits per heavy atom. The van der Waals surface area contributed by atoms with E-state index in [-0.39, 0.29) is 17.2 Å². The molecule has 1 fully saturated rings. The van der Waals surface area contributed by atoms with Crippen molar-refractivity contribution in [3.8, 4) is 11.3 Å². The number of hydrogen-bond acceptors (Lipinski definition) is 4. The van der Waals surface area contributed by atoms with E-state index in [0.29, 0.717) is 25.4 Å². The summed E-state index contributed by atoms with van der Waals surface area (Å²) in [4.78, 5) is 17.6. The number of nitrogens with zero attached hydrogens (tertiary/aromatic N) is 2. The van der Waals surface area contributed by atoms with E-state index < -0.39 is 17.6 Å². The lowest BCUT2D eigenvalue weighted by atomic mass is 9.90. The molecule has 1 aliphatic rings. The van der Waals surface area contributed by atoms with E-state index in [4.69, 9.17) is 0 Å². The Bertz CT molecular complexity index is 730. The summed E-state index contributed by atoms with van der Waals surface area (Å²) in [6, 6.07) is 3.74. The third-order valence-corrected chi connectivity index (χ3v) is 5.05. The predicted molar refractivity (Wildman–Crippen MR) is 87.6 cm³/mol. The minimum atomic E-state index is -0.778. The van der Waals surface area contributed by atoms with Crippen molar-refractivity contribution in [2.75, 3.05) is 13.1 Å². The van der Waals surface area contributed by atoms with Gasteiger partial charge in [0.2, 0.25) is 0 Å². The smallest absolute Gasteiger partial charge is 0.307 e. The summed E-state index contributed by atoms with van der Waals surface area (Å²) in [5.74, 6) is -2.13. The number of benzene rings is 1. The third-order valence-electron chi connectivity index (χ3n) is 4.21. The fourth-order valence-corrected chi connectivity index (χ4v) is 4.03. The number of aromatic nitrogens is 1. The van der Waals surface area contributed by atoms with Crippen LogP contribution in [-0.2, 0) is 11.3 Å². The number of thiazole rings is 1. The quantitative estimate of drug-likeness (QED) is 0.913. The molecule has 7 heteroatoms. The van der Waals surface area contributed by atoms with Crippen LogP contribution in [-0.4, -0.2) is 34.0 Å². The topological polar surface area (TPSA) is 53.4 Å². The van der Waals surface area contributed by atoms with Crippen LogP contribution in [0.5, 0.6) is 0 Å². The molecule has 0 aliphatic carbocycles. The molecule has 1 N–H and O–H groups in total. The molecule has 2 aromatic rings. The summed E-state index contributed by atoms with van der Waals surface area (Å²) in [6.45, 7) is 3.80. The van der Waals surface area contributed by atoms with Gasteiger partial charge in [0.25, 0.3) is 0 Å². The van der Waals surface area contributed by atoms with Gasteiger partial charge >= 0.3 is 5.97 Å². The Kier molecular flexibility index (Phi) is 4.91. The first-order valence-electron chi connectivity index (χ1n) is 7.78. The summed E-state index contributed by atoms with van der Waals surface area (Å²) in [5.41, 5.74) is 0.167. The number of carbonyl (C=O) groups is 1. The van der Waals surface area contributed by atoms with Crippen molar-refractivity contribution in [3.05, 3.63) is 40.2 Å². The van der Waals surface area contributed by atoms with Crippen molar-refractivity contribution in [3.63, 3.8) is 0 Å². The average molecular weight is 352 g/mol. The van der Waals surface area contributed by atoms with E-state index in [2.05, 4.69) is 4.98 Å². The number of carboxylic acid groups (broad SMARTS) is 1. The Labute approximate surface area is 142 Å². The van der Waals surface area contributed by atoms with Crippen LogP contribution in [0.4, 0.5) is 8.78 Å². The van der Waals surface area contributed by atoms with Crippen LogP contribution in [0.3, 0.4) is 0 Å². The van der Waals surface area contributed by atoms with Crippen LogP contribution in [0, 0.1) is 23.5 Å². The highest BCUT2D eigenvalue weighted by Crippen LogP contribution is 2.29. The zero-order valence-electron chi connectivity index (χ0n) is 13.2. The van der Waals surface area contributed by atoms with Gasteiger partial charge in [-0.2, -0.15) is 0 Å². The molecule has 24 heavy (non-hydrogen) atoms. The third kappa shape index (κ3) is 3.62. The Morgan fingerprint density at radius 3 is 2.75 bits per heavy atom. The van der Waals surface area contributed by atoms with Crippen molar-refractivity contribution in [1.29, 1.82) is 0 Å². The molecule has 2 heterocycles. The molecule has 1 saturated heterocycles. The molecular formula is C17H18F2N2O2S. The van der Waals surface area contributed by atoms with Crippen LogP contribution in [0.15, 0.2) is 23.6 Å². The van der Waals surface area contributed by atoms with E-state index in [1.807, 2.05) is 11.8 Å². The highest BCUT2D eigenvalue weighted by Gasteiger charge is 2.29. The fourth-order valence-electron chi connectivity index (χ4n) is 3.20. The Hall–Kier alpha value is -1.86. The van der Waals surface area contributed by atoms with Gasteiger partial charge in [0.1, 0.15) is 16.6 Å². The lowest BCUT2D eigenvalue weighted by Gasteiger charge is -2.34. The van der Waals surface area contributed by atoms with Crippen molar-refractivity contribution >= 4 is 17.3 Å². The summed E-state index contributed by atoms with van der Waals surface area (Å²) >= 11 is 1.33. The maximum Gasteiger partial charge on any atom is 0.307 e. The van der Waals surface area contributed by atoms with Gasteiger partial charge in [-0.05, 0) is 24.5 Å². The number of likely N-dealkylation sites (tertiary alicyclic amines) is 1. The van der Waals surface area contributed by atoms with E-state index in [1.54, 1.807) is 5.38 Å². The molecule has 2 atom stereocenters. The summed E-state index contributed by atoms with van der Waals surface area (Å²) in [6.07, 6.45) is 0.676. The van der Waals surface area contributed by atoms with Gasteiger partial charge in [-0.3, -0.25) is 9.69 Å². The van der Waals surface area contributed by atoms with Crippen molar-refractivity contribution in [1.82, 2.24) is 9.88 Å². The number of halogens is 2. The van der Waals surface area contributed by atoms with Crippen molar-refractivity contribution < 1.29 is 18.7 Å². The van der Waals surface area contributed by atoms with Gasteiger partial charge in [-0.1, -0.05) is 13.0 Å². The molecular weight excluding hydrogens is 334 g/mol. The van der Waals surface area contributed by atoms with Crippen LogP contribution in [0.1, 0.15) is 18.4 Å². The molecule has 128 valence electrons. The first-order valence-corrected chi connectivity index (χ1v) is 8.66. The molecule has 3 rings (SSSR count). The molecule has 1 aliphatic heterocycles. The Balaban J connectivity index is 1.76. The molecule has 0 saturated carbocycles. The normalized spacial score (nSPS) is 21.8. The monoisotopic (exact) mass is 352 g/mol. The maximum absolute atomic E-state index is 13.8. The van der Waals surface area contributed by atoms with E-state index in [1.165, 1.54) is 29.5 Å². The average Bonchev–Trinajstić information content (AvgIpc) is 2.94. The minimum absolute atomic E-state index is 0.115. The van der Waals surface area contributed by atoms with Gasteiger partial charge in [0.15, 0.2) is 0 Å². The molecule has 4 nitrogen and oxygen atoms in total. The van der Waals surface area contributed by atoms with E-state index in [0.717, 1.165) is 11.6 Å². The molecule has 1 aromatic heterocycles. The largest absolute Gasteiger partial charge is 0.481 e. The van der Waals surface area contributed by atoms with Crippen molar-refractivity contribution in [2.24, 2.45) is 11.8 Å². The Morgan fingerprint density at radius 1 is 1.38 bits per heavy atom. The molecule has 0 bridgehead atoms. The van der Waals surface area contributed by atoms with E-state index >= 15 is 0 Å². The van der Waals surface area contributed by atoms with Crippen LogP contribution in [0.2, 0.25) is 0 Å². The van der Waals surface area contributed by atoms with Crippen LogP contribution in [0.25, 0.3) is 11.3 Å². The maximum atomic E-state index is 13.8. The number of hydrogen-bond donors (Lipinski definition) is 1. The summed E-state index contributed by atoms with van der Waals surface area (Å²) < 4.78 is 27.7. The van der Waals surface area contributed by atoms with Gasteiger partial charge in [-0.25, -0.2) is 13.8 Å². The van der Waals surface area contributed by atoms with Gasteiger partial charge < -0.3 is 5.11 Å². The second-order valence-corrected chi connectivity index (χ2v) is 7.24. The summed E-state index contributed by atoms with van der Waals surface area (Å²) in [5, 5.41) is 11.6. The predicted octanol–water partition coefficient (Wildman–Crippen LogP) is 3.63. The molecule has 0 amide bonds. The van der Waals surface area contributed by atoms with Crippen molar-refractivity contribution in [2.45, 2.75) is 19.9 Å². The molecule has 0 radical (unpaired) electrons. The first kappa shape index (κ1) is 17.0. The second kappa shape index (κ2) is 6.94. The minimum Gasteiger partial charge on any atom is -0.481 e. The standard InChI is InChI=1S/C17H18F2N2O2S/c1-10-5-11(17(22)23)7-21(6-10)8-15-20-14(9-24-15)16-12(18)3-2-4-13(16)19/h2-4,9-11H,5-8H2,1H3,(H,22,23). The summed E-state index contributed by atoms with van der Waals surface area (Å²) in [7, 11) is 0. The fraction of sp³-hybridized carbons (Fsp3) is 0.412. The number of rotatable bonds is 4. The lowest BCUT2D eigenvalue weighted by Crippen LogP contribution is -2.41. The molecule has 0 spiro atoms. The van der Waals surface area contributed by atoms with Crippen LogP contribution >= 0.6 is 11.3 Å². The zero-order valence-corrected chi connectivity index (χ0v) is 14.0. The van der Waals surface area contributed by atoms with Gasteiger partial charge in [0, 0.05) is 18.5 Å². The molecule has 2 unspecified atom stereocenters. The van der Waals surface area contributed by atoms with Gasteiger partial charge in [0.05, 0.1) is 23.7 Å². The highest BCUT2D eigenvalue weighted by atomic mass is 32.1. The van der Waals surface area contributed by atoms with E-state index in [9.17, 15) is 18.7 Å². The number of piperidine rings is 1. The lowest BCUT2D eigenvalue weighted by molar-refractivity contribution is -0.144. The second-order valence-electron chi connectivity index (χ2n) is 6.29.